The number of nitrogens with two attached hydrogens (primary N) is 1. The third-order valence-electron chi connectivity index (χ3n) is 3.28. The Morgan fingerprint density at radius 3 is 2.47 bits per heavy atom. The molecule has 1 aliphatic rings. The van der Waals surface area contributed by atoms with Crippen LogP contribution in [0, 0.1) is 5.41 Å². The molecular weight excluding hydrogens is 208 g/mol. The summed E-state index contributed by atoms with van der Waals surface area (Å²) in [5, 5.41) is 9.38. The zero-order valence-corrected chi connectivity index (χ0v) is 10.5. The molecule has 0 spiro atoms. The van der Waals surface area contributed by atoms with Crippen molar-refractivity contribution in [3.05, 3.63) is 0 Å². The van der Waals surface area contributed by atoms with Crippen molar-refractivity contribution in [2.45, 2.75) is 39.2 Å². The van der Waals surface area contributed by atoms with Crippen LogP contribution in [0.2, 0.25) is 0 Å². The van der Waals surface area contributed by atoms with Crippen LogP contribution in [0.5, 0.6) is 0 Å². The van der Waals surface area contributed by atoms with E-state index >= 15 is 0 Å². The van der Waals surface area contributed by atoms with E-state index in [1.54, 1.807) is 0 Å². The van der Waals surface area contributed by atoms with E-state index in [2.05, 4.69) is 18.7 Å². The van der Waals surface area contributed by atoms with Gasteiger partial charge in [-0.15, -0.1) is 0 Å². The number of rotatable bonds is 4. The minimum Gasteiger partial charge on any atom is -0.393 e. The van der Waals surface area contributed by atoms with Gasteiger partial charge in [0, 0.05) is 18.5 Å². The van der Waals surface area contributed by atoms with E-state index in [0.717, 1.165) is 38.9 Å². The summed E-state index contributed by atoms with van der Waals surface area (Å²) in [6.45, 7) is 7.20. The second-order valence-corrected chi connectivity index (χ2v) is 5.51. The van der Waals surface area contributed by atoms with E-state index in [4.69, 9.17) is 18.0 Å². The maximum absolute atomic E-state index is 9.38. The Balaban J connectivity index is 2.28. The van der Waals surface area contributed by atoms with Gasteiger partial charge in [0.25, 0.3) is 0 Å². The van der Waals surface area contributed by atoms with E-state index in [1.807, 2.05) is 0 Å². The molecule has 0 aromatic carbocycles. The number of hydrogen-bond donors (Lipinski definition) is 2. The van der Waals surface area contributed by atoms with Gasteiger partial charge in [-0.3, -0.25) is 0 Å². The average molecular weight is 230 g/mol. The Hall–Kier alpha value is -0.190. The SMILES string of the molecule is CC(C)(CCN1CCC(O)CC1)C(N)=S. The Bertz CT molecular complexity index is 223. The van der Waals surface area contributed by atoms with Gasteiger partial charge < -0.3 is 15.7 Å². The first kappa shape index (κ1) is 12.9. The highest BCUT2D eigenvalue weighted by Crippen LogP contribution is 2.22. The molecule has 15 heavy (non-hydrogen) atoms. The minimum atomic E-state index is -0.0927. The fraction of sp³-hybridized carbons (Fsp3) is 0.909. The Morgan fingerprint density at radius 1 is 1.47 bits per heavy atom. The van der Waals surface area contributed by atoms with Crippen molar-refractivity contribution in [1.82, 2.24) is 4.90 Å². The topological polar surface area (TPSA) is 49.5 Å². The molecule has 0 atom stereocenters. The quantitative estimate of drug-likeness (QED) is 0.711. The molecule has 3 nitrogen and oxygen atoms in total. The highest BCUT2D eigenvalue weighted by molar-refractivity contribution is 7.80. The van der Waals surface area contributed by atoms with E-state index < -0.39 is 0 Å². The van der Waals surface area contributed by atoms with Crippen LogP contribution in [0.3, 0.4) is 0 Å². The van der Waals surface area contributed by atoms with Crippen LogP contribution in [-0.4, -0.2) is 40.7 Å². The summed E-state index contributed by atoms with van der Waals surface area (Å²) in [4.78, 5) is 2.98. The molecule has 1 rings (SSSR count). The Kier molecular flexibility index (Phi) is 4.49. The number of piperidine rings is 1. The first-order valence-electron chi connectivity index (χ1n) is 5.62. The van der Waals surface area contributed by atoms with Crippen molar-refractivity contribution in [3.8, 4) is 0 Å². The number of aliphatic hydroxyl groups is 1. The Labute approximate surface area is 97.6 Å². The van der Waals surface area contributed by atoms with Crippen LogP contribution >= 0.6 is 12.2 Å². The summed E-state index contributed by atoms with van der Waals surface area (Å²) in [6, 6.07) is 0. The van der Waals surface area contributed by atoms with Crippen molar-refractivity contribution in [2.24, 2.45) is 11.1 Å². The average Bonchev–Trinajstić information content (AvgIpc) is 2.17. The molecule has 4 heteroatoms. The molecule has 0 amide bonds. The van der Waals surface area contributed by atoms with E-state index in [1.165, 1.54) is 0 Å². The molecular formula is C11H22N2OS. The number of likely N-dealkylation sites (tertiary alicyclic amines) is 1. The minimum absolute atomic E-state index is 0.0502. The molecule has 1 fully saturated rings. The maximum atomic E-state index is 9.38. The number of thiocarbonyl (C=S) groups is 1. The zero-order chi connectivity index (χ0) is 11.5. The lowest BCUT2D eigenvalue weighted by atomic mass is 9.89. The third-order valence-corrected chi connectivity index (χ3v) is 3.83. The standard InChI is InChI=1S/C11H22N2OS/c1-11(2,10(12)15)5-8-13-6-3-9(14)4-7-13/h9,14H,3-8H2,1-2H3,(H2,12,15). The van der Waals surface area contributed by atoms with E-state index in [9.17, 15) is 5.11 Å². The van der Waals surface area contributed by atoms with Gasteiger partial charge in [-0.05, 0) is 25.8 Å². The Morgan fingerprint density at radius 2 is 2.00 bits per heavy atom. The molecule has 0 aliphatic carbocycles. The second kappa shape index (κ2) is 5.23. The lowest BCUT2D eigenvalue weighted by Crippen LogP contribution is -2.39. The van der Waals surface area contributed by atoms with Crippen molar-refractivity contribution in [1.29, 1.82) is 0 Å². The van der Waals surface area contributed by atoms with Crippen LogP contribution in [0.25, 0.3) is 0 Å². The monoisotopic (exact) mass is 230 g/mol. The summed E-state index contributed by atoms with van der Waals surface area (Å²) in [5.74, 6) is 0. The largest absolute Gasteiger partial charge is 0.393 e. The predicted octanol–water partition coefficient (Wildman–Crippen LogP) is 1.15. The lowest BCUT2D eigenvalue weighted by molar-refractivity contribution is 0.0792. The molecule has 1 aliphatic heterocycles. The second-order valence-electron chi connectivity index (χ2n) is 5.07. The van der Waals surface area contributed by atoms with Crippen LogP contribution in [0.15, 0.2) is 0 Å². The van der Waals surface area contributed by atoms with Gasteiger partial charge in [0.05, 0.1) is 11.1 Å². The van der Waals surface area contributed by atoms with Crippen LogP contribution in [0.1, 0.15) is 33.1 Å². The van der Waals surface area contributed by atoms with Crippen LogP contribution in [-0.2, 0) is 0 Å². The van der Waals surface area contributed by atoms with Gasteiger partial charge in [0.15, 0.2) is 0 Å². The fourth-order valence-electron chi connectivity index (χ4n) is 1.70. The molecule has 1 saturated heterocycles. The molecule has 0 saturated carbocycles. The van der Waals surface area contributed by atoms with E-state index in [-0.39, 0.29) is 11.5 Å². The van der Waals surface area contributed by atoms with Crippen molar-refractivity contribution in [3.63, 3.8) is 0 Å². The maximum Gasteiger partial charge on any atom is 0.0784 e. The summed E-state index contributed by atoms with van der Waals surface area (Å²) < 4.78 is 0. The number of hydrogen-bond acceptors (Lipinski definition) is 3. The van der Waals surface area contributed by atoms with Crippen molar-refractivity contribution >= 4 is 17.2 Å². The molecule has 0 unspecified atom stereocenters. The number of aliphatic hydroxyl groups excluding tert-OH is 1. The molecule has 1 heterocycles. The zero-order valence-electron chi connectivity index (χ0n) is 9.70. The van der Waals surface area contributed by atoms with Gasteiger partial charge >= 0.3 is 0 Å². The summed E-state index contributed by atoms with van der Waals surface area (Å²) in [6.07, 6.45) is 2.70. The first-order valence-corrected chi connectivity index (χ1v) is 6.03. The molecule has 0 bridgehead atoms. The van der Waals surface area contributed by atoms with Gasteiger partial charge in [0.2, 0.25) is 0 Å². The van der Waals surface area contributed by atoms with Crippen LogP contribution < -0.4 is 5.73 Å². The number of nitrogens with zero attached hydrogens (tertiary/aromatic N) is 1. The summed E-state index contributed by atoms with van der Waals surface area (Å²) >= 11 is 5.04. The molecule has 0 aromatic rings. The van der Waals surface area contributed by atoms with Gasteiger partial charge in [-0.25, -0.2) is 0 Å². The first-order chi connectivity index (χ1) is 6.92. The van der Waals surface area contributed by atoms with Gasteiger partial charge in [0.1, 0.15) is 0 Å². The van der Waals surface area contributed by atoms with Crippen LogP contribution in [0.4, 0.5) is 0 Å². The van der Waals surface area contributed by atoms with E-state index in [0.29, 0.717) is 4.99 Å². The third kappa shape index (κ3) is 4.05. The highest BCUT2D eigenvalue weighted by atomic mass is 32.1. The molecule has 0 radical (unpaired) electrons. The van der Waals surface area contributed by atoms with Crippen molar-refractivity contribution in [2.75, 3.05) is 19.6 Å². The summed E-state index contributed by atoms with van der Waals surface area (Å²) in [7, 11) is 0. The van der Waals surface area contributed by atoms with Gasteiger partial charge in [-0.1, -0.05) is 26.1 Å². The van der Waals surface area contributed by atoms with Crippen molar-refractivity contribution < 1.29 is 5.11 Å². The smallest absolute Gasteiger partial charge is 0.0784 e. The summed E-state index contributed by atoms with van der Waals surface area (Å²) in [5.41, 5.74) is 5.63. The fourth-order valence-corrected chi connectivity index (χ4v) is 1.81. The highest BCUT2D eigenvalue weighted by Gasteiger charge is 2.24. The molecule has 0 aromatic heterocycles. The normalized spacial score (nSPS) is 20.5. The molecule has 88 valence electrons. The molecule has 3 N–H and O–H groups in total. The lowest BCUT2D eigenvalue weighted by Gasteiger charge is -2.32. The van der Waals surface area contributed by atoms with Gasteiger partial charge in [-0.2, -0.15) is 0 Å². The predicted molar refractivity (Wildman–Crippen MR) is 66.9 cm³/mol.